The molecule has 1 fully saturated rings. The predicted molar refractivity (Wildman–Crippen MR) is 118 cm³/mol. The van der Waals surface area contributed by atoms with E-state index in [0.717, 1.165) is 24.1 Å². The topological polar surface area (TPSA) is 20.3 Å². The number of carbonyl (C=O) groups is 1. The van der Waals surface area contributed by atoms with Crippen LogP contribution in [-0.4, -0.2) is 18.4 Å². The highest BCUT2D eigenvalue weighted by molar-refractivity contribution is 6.11. The number of hydrogen-bond donors (Lipinski definition) is 0. The van der Waals surface area contributed by atoms with Crippen LogP contribution in [0.2, 0.25) is 0 Å². The van der Waals surface area contributed by atoms with Crippen LogP contribution in [0.5, 0.6) is 0 Å². The van der Waals surface area contributed by atoms with Crippen LogP contribution in [0.25, 0.3) is 0 Å². The maximum absolute atomic E-state index is 13.5. The lowest BCUT2D eigenvalue weighted by molar-refractivity contribution is -0.114. The molecule has 0 radical (unpaired) electrons. The van der Waals surface area contributed by atoms with Crippen molar-refractivity contribution in [1.82, 2.24) is 0 Å². The minimum absolute atomic E-state index is 0.0854. The summed E-state index contributed by atoms with van der Waals surface area (Å²) >= 11 is 0. The van der Waals surface area contributed by atoms with Gasteiger partial charge < -0.3 is 4.90 Å². The maximum Gasteiger partial charge on any atom is 0.185 e. The van der Waals surface area contributed by atoms with Crippen molar-refractivity contribution >= 4 is 11.5 Å². The Labute approximate surface area is 170 Å². The second kappa shape index (κ2) is 6.08. The summed E-state index contributed by atoms with van der Waals surface area (Å²) in [6.07, 6.45) is 8.16. The normalized spacial score (nSPS) is 24.0. The molecule has 2 aliphatic heterocycles. The first kappa shape index (κ1) is 19.5. The molecule has 0 aromatic heterocycles. The highest BCUT2D eigenvalue weighted by Gasteiger charge is 2.50. The van der Waals surface area contributed by atoms with E-state index in [0.29, 0.717) is 6.04 Å². The predicted octanol–water partition coefficient (Wildman–Crippen LogP) is 6.03. The highest BCUT2D eigenvalue weighted by atomic mass is 16.1. The summed E-state index contributed by atoms with van der Waals surface area (Å²) < 4.78 is 0. The molecule has 2 heteroatoms. The van der Waals surface area contributed by atoms with Crippen LogP contribution in [0.3, 0.4) is 0 Å². The molecule has 0 unspecified atom stereocenters. The standard InChI is InChI=1S/C26H35NO/c1-17-10-11-18-14-26(22-9-8-12-27(22)21(18)13-17)15-19(24(2,3)4)23(28)20(16-26)25(5,6)7/h10-11,13,15-16,22H,8-9,12,14H2,1-7H3/t22-/m1/s1. The molecule has 150 valence electrons. The largest absolute Gasteiger partial charge is 0.367 e. The van der Waals surface area contributed by atoms with Crippen molar-refractivity contribution in [2.45, 2.75) is 73.8 Å². The third-order valence-corrected chi connectivity index (χ3v) is 6.85. The van der Waals surface area contributed by atoms with Gasteiger partial charge in [0.05, 0.1) is 0 Å². The van der Waals surface area contributed by atoms with Gasteiger partial charge in [0.1, 0.15) is 0 Å². The first-order chi connectivity index (χ1) is 12.9. The van der Waals surface area contributed by atoms with Crippen LogP contribution in [-0.2, 0) is 11.2 Å². The van der Waals surface area contributed by atoms with Gasteiger partial charge in [-0.3, -0.25) is 4.79 Å². The Bertz CT molecular complexity index is 854. The van der Waals surface area contributed by atoms with Gasteiger partial charge in [-0.25, -0.2) is 0 Å². The van der Waals surface area contributed by atoms with E-state index in [9.17, 15) is 4.79 Å². The molecule has 1 saturated heterocycles. The van der Waals surface area contributed by atoms with Gasteiger partial charge in [0, 0.05) is 34.8 Å². The molecule has 4 rings (SSSR count). The van der Waals surface area contributed by atoms with Crippen LogP contribution in [0, 0.1) is 23.2 Å². The number of Topliss-reactive ketones (excluding diaryl/α,β-unsaturated/α-hetero) is 1. The average molecular weight is 378 g/mol. The maximum atomic E-state index is 13.5. The summed E-state index contributed by atoms with van der Waals surface area (Å²) in [5.41, 5.74) is 5.80. The molecule has 1 spiro atoms. The molecule has 1 aromatic carbocycles. The number of anilines is 1. The lowest BCUT2D eigenvalue weighted by Gasteiger charge is -2.49. The number of fused-ring (bicyclic) bond motifs is 4. The van der Waals surface area contributed by atoms with Crippen LogP contribution in [0.1, 0.15) is 65.5 Å². The second-order valence-corrected chi connectivity index (χ2v) is 11.2. The Hall–Kier alpha value is -1.83. The average Bonchev–Trinajstić information content (AvgIpc) is 3.07. The summed E-state index contributed by atoms with van der Waals surface area (Å²) in [5.74, 6) is 0.255. The van der Waals surface area contributed by atoms with Gasteiger partial charge in [-0.1, -0.05) is 65.8 Å². The smallest absolute Gasteiger partial charge is 0.185 e. The van der Waals surface area contributed by atoms with E-state index in [-0.39, 0.29) is 22.0 Å². The molecule has 3 aliphatic rings. The van der Waals surface area contributed by atoms with Crippen molar-refractivity contribution in [3.8, 4) is 0 Å². The monoisotopic (exact) mass is 377 g/mol. The quantitative estimate of drug-likeness (QED) is 0.550. The molecule has 1 aliphatic carbocycles. The number of allylic oxidation sites excluding steroid dienone is 2. The number of aryl methyl sites for hydroxylation is 1. The molecule has 28 heavy (non-hydrogen) atoms. The molecule has 0 amide bonds. The van der Waals surface area contributed by atoms with Gasteiger partial charge in [-0.05, 0) is 54.2 Å². The van der Waals surface area contributed by atoms with E-state index < -0.39 is 0 Å². The van der Waals surface area contributed by atoms with Crippen molar-refractivity contribution in [1.29, 1.82) is 0 Å². The van der Waals surface area contributed by atoms with Crippen molar-refractivity contribution in [2.24, 2.45) is 16.2 Å². The fourth-order valence-corrected chi connectivity index (χ4v) is 5.42. The van der Waals surface area contributed by atoms with Gasteiger partial charge in [0.2, 0.25) is 0 Å². The van der Waals surface area contributed by atoms with Crippen LogP contribution in [0.15, 0.2) is 41.5 Å². The number of carbonyl (C=O) groups excluding carboxylic acids is 1. The van der Waals surface area contributed by atoms with Crippen molar-refractivity contribution in [3.05, 3.63) is 52.6 Å². The lowest BCUT2D eigenvalue weighted by Crippen LogP contribution is -2.50. The number of hydrogen-bond acceptors (Lipinski definition) is 2. The third-order valence-electron chi connectivity index (χ3n) is 6.85. The van der Waals surface area contributed by atoms with Gasteiger partial charge in [-0.15, -0.1) is 0 Å². The molecule has 0 N–H and O–H groups in total. The van der Waals surface area contributed by atoms with Crippen molar-refractivity contribution in [2.75, 3.05) is 11.4 Å². The Kier molecular flexibility index (Phi) is 4.23. The van der Waals surface area contributed by atoms with E-state index >= 15 is 0 Å². The van der Waals surface area contributed by atoms with Crippen molar-refractivity contribution < 1.29 is 4.79 Å². The second-order valence-electron chi connectivity index (χ2n) is 11.2. The first-order valence-corrected chi connectivity index (χ1v) is 10.8. The molecular formula is C26H35NO. The molecule has 2 heterocycles. The summed E-state index contributed by atoms with van der Waals surface area (Å²) in [6, 6.07) is 7.35. The number of ketones is 1. The van der Waals surface area contributed by atoms with E-state index in [1.165, 1.54) is 29.7 Å². The van der Waals surface area contributed by atoms with Crippen LogP contribution >= 0.6 is 0 Å². The zero-order chi connectivity index (χ0) is 20.5. The third kappa shape index (κ3) is 2.96. The number of benzene rings is 1. The summed E-state index contributed by atoms with van der Waals surface area (Å²) in [7, 11) is 0. The van der Waals surface area contributed by atoms with Gasteiger partial charge in [0.15, 0.2) is 5.78 Å². The first-order valence-electron chi connectivity index (χ1n) is 10.8. The SMILES string of the molecule is Cc1ccc2c(c1)N1CCC[C@@H]1C1(C=C(C(C)(C)C)C(=O)C(C(C)(C)C)=C1)C2. The molecule has 0 bridgehead atoms. The van der Waals surface area contributed by atoms with E-state index in [1.54, 1.807) is 0 Å². The Morgan fingerprint density at radius 3 is 2.18 bits per heavy atom. The lowest BCUT2D eigenvalue weighted by atomic mass is 9.61. The van der Waals surface area contributed by atoms with E-state index in [1.807, 2.05) is 0 Å². The minimum Gasteiger partial charge on any atom is -0.367 e. The fourth-order valence-electron chi connectivity index (χ4n) is 5.42. The molecule has 1 atom stereocenters. The van der Waals surface area contributed by atoms with Crippen LogP contribution in [0.4, 0.5) is 5.69 Å². The molecule has 0 saturated carbocycles. The van der Waals surface area contributed by atoms with Gasteiger partial charge in [-0.2, -0.15) is 0 Å². The fraction of sp³-hybridized carbons (Fsp3) is 0.577. The van der Waals surface area contributed by atoms with E-state index in [2.05, 4.69) is 83.7 Å². The van der Waals surface area contributed by atoms with Crippen LogP contribution < -0.4 is 4.90 Å². The Morgan fingerprint density at radius 1 is 1.00 bits per heavy atom. The highest BCUT2D eigenvalue weighted by Crippen LogP contribution is 2.53. The summed E-state index contributed by atoms with van der Waals surface area (Å²) in [6.45, 7) is 16.4. The van der Waals surface area contributed by atoms with Gasteiger partial charge in [0.25, 0.3) is 0 Å². The number of nitrogens with zero attached hydrogens (tertiary/aromatic N) is 1. The molecule has 2 nitrogen and oxygen atoms in total. The molecular weight excluding hydrogens is 342 g/mol. The van der Waals surface area contributed by atoms with Gasteiger partial charge >= 0.3 is 0 Å². The Balaban J connectivity index is 1.95. The molecule has 1 aromatic rings. The zero-order valence-corrected chi connectivity index (χ0v) is 18.6. The minimum atomic E-state index is -0.147. The summed E-state index contributed by atoms with van der Waals surface area (Å²) in [5, 5.41) is 0. The van der Waals surface area contributed by atoms with Crippen molar-refractivity contribution in [3.63, 3.8) is 0 Å². The summed E-state index contributed by atoms with van der Waals surface area (Å²) in [4.78, 5) is 16.1. The number of rotatable bonds is 0. The zero-order valence-electron chi connectivity index (χ0n) is 18.6. The van der Waals surface area contributed by atoms with E-state index in [4.69, 9.17) is 0 Å². The Morgan fingerprint density at radius 2 is 1.61 bits per heavy atom.